The van der Waals surface area contributed by atoms with E-state index in [4.69, 9.17) is 10.7 Å². The lowest BCUT2D eigenvalue weighted by atomic mass is 10.5. The highest BCUT2D eigenvalue weighted by molar-refractivity contribution is 8.13. The van der Waals surface area contributed by atoms with Crippen LogP contribution in [0.3, 0.4) is 0 Å². The molecule has 0 aliphatic heterocycles. The molecule has 1 rings (SSSR count). The Morgan fingerprint density at radius 3 is 2.85 bits per heavy atom. The van der Waals surface area contributed by atoms with E-state index < -0.39 is 9.05 Å². The molecule has 0 unspecified atom stereocenters. The van der Waals surface area contributed by atoms with Crippen LogP contribution in [0.15, 0.2) is 29.7 Å². The lowest BCUT2D eigenvalue weighted by molar-refractivity contribution is 0.606. The summed E-state index contributed by atoms with van der Waals surface area (Å²) in [5, 5.41) is -0.112. The third kappa shape index (κ3) is 2.86. The molecule has 0 radical (unpaired) electrons. The Bertz CT molecular complexity index is 408. The van der Waals surface area contributed by atoms with Crippen molar-refractivity contribution in [1.29, 1.82) is 0 Å². The van der Waals surface area contributed by atoms with E-state index in [1.165, 1.54) is 12.5 Å². The van der Waals surface area contributed by atoms with Gasteiger partial charge in [0.1, 0.15) is 0 Å². The minimum atomic E-state index is -3.69. The van der Waals surface area contributed by atoms with Crippen LogP contribution in [0.1, 0.15) is 6.92 Å². The number of imidazole rings is 1. The average molecular weight is 221 g/mol. The van der Waals surface area contributed by atoms with Crippen molar-refractivity contribution in [2.45, 2.75) is 18.5 Å². The van der Waals surface area contributed by atoms with Gasteiger partial charge in [0, 0.05) is 23.4 Å². The normalized spacial score (nSPS) is 12.5. The van der Waals surface area contributed by atoms with Gasteiger partial charge in [0.05, 0.1) is 6.33 Å². The number of rotatable bonds is 3. The second-order valence-corrected chi connectivity index (χ2v) is 4.93. The minimum absolute atomic E-state index is 0.112. The zero-order valence-electron chi connectivity index (χ0n) is 7.01. The number of hydrogen-bond donors (Lipinski definition) is 0. The third-order valence-corrected chi connectivity index (χ3v) is 2.60. The van der Waals surface area contributed by atoms with Gasteiger partial charge in [0.25, 0.3) is 9.05 Å². The number of nitrogens with zero attached hydrogens (tertiary/aromatic N) is 2. The van der Waals surface area contributed by atoms with Gasteiger partial charge in [-0.15, -0.1) is 0 Å². The minimum Gasteiger partial charge on any atom is -0.332 e. The summed E-state index contributed by atoms with van der Waals surface area (Å²) in [6.45, 7) is 2.48. The van der Waals surface area contributed by atoms with Gasteiger partial charge in [-0.1, -0.05) is 12.2 Å². The van der Waals surface area contributed by atoms with Crippen molar-refractivity contribution in [1.82, 2.24) is 9.55 Å². The summed E-state index contributed by atoms with van der Waals surface area (Å²) in [6.07, 6.45) is 6.57. The predicted molar refractivity (Wildman–Crippen MR) is 50.1 cm³/mol. The largest absolute Gasteiger partial charge is 0.332 e. The lowest BCUT2D eigenvalue weighted by Crippen LogP contribution is -1.91. The SMILES string of the molecule is C/C=C/Cn1cnc(S(=O)(=O)Cl)c1. The Balaban J connectivity index is 2.87. The van der Waals surface area contributed by atoms with Crippen molar-refractivity contribution in [2.24, 2.45) is 0 Å². The number of aromatic nitrogens is 2. The molecule has 0 spiro atoms. The molecule has 1 aromatic heterocycles. The average Bonchev–Trinajstić information content (AvgIpc) is 2.47. The van der Waals surface area contributed by atoms with Crippen LogP contribution >= 0.6 is 10.7 Å². The molecule has 0 aliphatic rings. The van der Waals surface area contributed by atoms with Crippen LogP contribution < -0.4 is 0 Å². The van der Waals surface area contributed by atoms with Gasteiger partial charge in [-0.2, -0.15) is 0 Å². The van der Waals surface area contributed by atoms with Crippen LogP contribution in [0.25, 0.3) is 0 Å². The first-order valence-electron chi connectivity index (χ1n) is 3.61. The highest BCUT2D eigenvalue weighted by Crippen LogP contribution is 2.10. The molecule has 1 aromatic rings. The zero-order valence-corrected chi connectivity index (χ0v) is 8.59. The van der Waals surface area contributed by atoms with E-state index in [1.807, 2.05) is 19.1 Å². The molecule has 0 saturated heterocycles. The van der Waals surface area contributed by atoms with Gasteiger partial charge in [-0.3, -0.25) is 0 Å². The van der Waals surface area contributed by atoms with Crippen molar-refractivity contribution >= 4 is 19.7 Å². The first-order chi connectivity index (χ1) is 6.04. The van der Waals surface area contributed by atoms with Crippen LogP contribution in [0, 0.1) is 0 Å². The fraction of sp³-hybridized carbons (Fsp3) is 0.286. The Kier molecular flexibility index (Phi) is 3.11. The number of allylic oxidation sites excluding steroid dienone is 2. The molecule has 4 nitrogen and oxygen atoms in total. The summed E-state index contributed by atoms with van der Waals surface area (Å²) < 4.78 is 23.2. The van der Waals surface area contributed by atoms with Crippen LogP contribution in [0.4, 0.5) is 0 Å². The molecule has 6 heteroatoms. The van der Waals surface area contributed by atoms with Crippen molar-refractivity contribution in [3.8, 4) is 0 Å². The van der Waals surface area contributed by atoms with Crippen LogP contribution in [0.2, 0.25) is 0 Å². The Morgan fingerprint density at radius 1 is 1.69 bits per heavy atom. The molecule has 0 atom stereocenters. The molecule has 0 N–H and O–H groups in total. The monoisotopic (exact) mass is 220 g/mol. The van der Waals surface area contributed by atoms with Gasteiger partial charge in [0.15, 0.2) is 5.03 Å². The highest BCUT2D eigenvalue weighted by atomic mass is 35.7. The lowest BCUT2D eigenvalue weighted by Gasteiger charge is -1.92. The van der Waals surface area contributed by atoms with E-state index in [0.717, 1.165) is 0 Å². The summed E-state index contributed by atoms with van der Waals surface area (Å²) in [7, 11) is 1.39. The van der Waals surface area contributed by atoms with Gasteiger partial charge >= 0.3 is 0 Å². The second kappa shape index (κ2) is 3.93. The first-order valence-corrected chi connectivity index (χ1v) is 5.92. The summed E-state index contributed by atoms with van der Waals surface area (Å²) in [4.78, 5) is 3.65. The Morgan fingerprint density at radius 2 is 2.38 bits per heavy atom. The molecule has 0 aromatic carbocycles. The van der Waals surface area contributed by atoms with Gasteiger partial charge in [-0.05, 0) is 6.92 Å². The fourth-order valence-electron chi connectivity index (χ4n) is 0.792. The number of hydrogen-bond acceptors (Lipinski definition) is 3. The van der Waals surface area contributed by atoms with Crippen molar-refractivity contribution < 1.29 is 8.42 Å². The predicted octanol–water partition coefficient (Wildman–Crippen LogP) is 1.39. The van der Waals surface area contributed by atoms with Crippen molar-refractivity contribution in [3.05, 3.63) is 24.7 Å². The summed E-state index contributed by atoms with van der Waals surface area (Å²) in [5.41, 5.74) is 0. The summed E-state index contributed by atoms with van der Waals surface area (Å²) in [5.74, 6) is 0. The maximum atomic E-state index is 10.8. The molecular formula is C7H9ClN2O2S. The topological polar surface area (TPSA) is 52.0 Å². The Hall–Kier alpha value is -0.810. The molecule has 0 amide bonds. The summed E-state index contributed by atoms with van der Waals surface area (Å²) >= 11 is 0. The molecule has 0 saturated carbocycles. The van der Waals surface area contributed by atoms with Crippen LogP contribution in [-0.4, -0.2) is 18.0 Å². The maximum Gasteiger partial charge on any atom is 0.280 e. The van der Waals surface area contributed by atoms with E-state index in [1.54, 1.807) is 4.57 Å². The molecule has 13 heavy (non-hydrogen) atoms. The van der Waals surface area contributed by atoms with Gasteiger partial charge < -0.3 is 4.57 Å². The smallest absolute Gasteiger partial charge is 0.280 e. The van der Waals surface area contributed by atoms with Crippen molar-refractivity contribution in [3.63, 3.8) is 0 Å². The molecule has 0 fully saturated rings. The van der Waals surface area contributed by atoms with Crippen molar-refractivity contribution in [2.75, 3.05) is 0 Å². The summed E-state index contributed by atoms with van der Waals surface area (Å²) in [6, 6.07) is 0. The molecular weight excluding hydrogens is 212 g/mol. The molecule has 0 aliphatic carbocycles. The zero-order chi connectivity index (χ0) is 9.90. The van der Waals surface area contributed by atoms with Crippen LogP contribution in [0.5, 0.6) is 0 Å². The standard InChI is InChI=1S/C7H9ClN2O2S/c1-2-3-4-10-5-7(9-6-10)13(8,11)12/h2-3,5-6H,4H2,1H3/b3-2+. The second-order valence-electron chi connectivity index (χ2n) is 2.42. The van der Waals surface area contributed by atoms with E-state index in [2.05, 4.69) is 4.98 Å². The maximum absolute atomic E-state index is 10.8. The number of halogens is 1. The highest BCUT2D eigenvalue weighted by Gasteiger charge is 2.12. The molecule has 1 heterocycles. The first kappa shape index (κ1) is 10.3. The van der Waals surface area contributed by atoms with E-state index in [9.17, 15) is 8.42 Å². The fourth-order valence-corrected chi connectivity index (χ4v) is 1.47. The van der Waals surface area contributed by atoms with Gasteiger partial charge in [0.2, 0.25) is 0 Å². The van der Waals surface area contributed by atoms with E-state index >= 15 is 0 Å². The Labute approximate surface area is 81.3 Å². The van der Waals surface area contributed by atoms with Gasteiger partial charge in [-0.25, -0.2) is 13.4 Å². The van der Waals surface area contributed by atoms with E-state index in [0.29, 0.717) is 6.54 Å². The van der Waals surface area contributed by atoms with E-state index in [-0.39, 0.29) is 5.03 Å². The van der Waals surface area contributed by atoms with Crippen LogP contribution in [-0.2, 0) is 15.6 Å². The molecule has 72 valence electrons. The third-order valence-electron chi connectivity index (χ3n) is 1.41. The molecule has 0 bridgehead atoms. The quantitative estimate of drug-likeness (QED) is 0.571.